The molecule has 17 heavy (non-hydrogen) atoms. The van der Waals surface area contributed by atoms with Crippen LogP contribution in [0.3, 0.4) is 0 Å². The number of nitrogens with two attached hydrogens (primary N) is 1. The van der Waals surface area contributed by atoms with Crippen LogP contribution in [0.4, 0.5) is 0 Å². The SMILES string of the molecule is NN1CCN=C1c1ccsc1-c1ccccc1. The summed E-state index contributed by atoms with van der Waals surface area (Å²) in [6, 6.07) is 12.5. The number of rotatable bonds is 2. The van der Waals surface area contributed by atoms with E-state index in [4.69, 9.17) is 5.84 Å². The zero-order valence-corrected chi connectivity index (χ0v) is 10.2. The standard InChI is InChI=1S/C13H13N3S/c14-16-8-7-15-13(16)11-6-9-17-12(11)10-4-2-1-3-5-10/h1-6,9H,7-8,14H2. The van der Waals surface area contributed by atoms with Gasteiger partial charge in [0.1, 0.15) is 5.84 Å². The van der Waals surface area contributed by atoms with E-state index in [0.717, 1.165) is 24.5 Å². The number of hydrazine groups is 1. The molecule has 1 aliphatic rings. The molecule has 86 valence electrons. The van der Waals surface area contributed by atoms with Crippen molar-refractivity contribution in [3.63, 3.8) is 0 Å². The van der Waals surface area contributed by atoms with Gasteiger partial charge in [-0.05, 0) is 17.0 Å². The molecule has 2 N–H and O–H groups in total. The van der Waals surface area contributed by atoms with Crippen LogP contribution in [-0.2, 0) is 0 Å². The third-order valence-electron chi connectivity index (χ3n) is 2.82. The second-order valence-corrected chi connectivity index (χ2v) is 4.84. The number of benzene rings is 1. The Labute approximate surface area is 104 Å². The van der Waals surface area contributed by atoms with Crippen molar-refractivity contribution in [3.8, 4) is 10.4 Å². The first-order valence-corrected chi connectivity index (χ1v) is 6.44. The van der Waals surface area contributed by atoms with Gasteiger partial charge in [-0.2, -0.15) is 0 Å². The van der Waals surface area contributed by atoms with Crippen LogP contribution in [-0.4, -0.2) is 23.9 Å². The lowest BCUT2D eigenvalue weighted by Crippen LogP contribution is -2.34. The summed E-state index contributed by atoms with van der Waals surface area (Å²) in [4.78, 5) is 5.71. The van der Waals surface area contributed by atoms with Crippen LogP contribution in [0.15, 0.2) is 46.8 Å². The first-order chi connectivity index (χ1) is 8.36. The maximum absolute atomic E-state index is 5.92. The van der Waals surface area contributed by atoms with Gasteiger partial charge in [-0.3, -0.25) is 10.0 Å². The van der Waals surface area contributed by atoms with E-state index in [0.29, 0.717) is 0 Å². The van der Waals surface area contributed by atoms with Gasteiger partial charge in [0.15, 0.2) is 0 Å². The summed E-state index contributed by atoms with van der Waals surface area (Å²) in [5.74, 6) is 6.83. The van der Waals surface area contributed by atoms with Crippen molar-refractivity contribution in [3.05, 3.63) is 47.3 Å². The summed E-state index contributed by atoms with van der Waals surface area (Å²) in [5.41, 5.74) is 2.36. The number of amidine groups is 1. The third kappa shape index (κ3) is 1.85. The maximum Gasteiger partial charge on any atom is 0.146 e. The Hall–Kier alpha value is -1.65. The fraction of sp³-hybridized carbons (Fsp3) is 0.154. The highest BCUT2D eigenvalue weighted by Gasteiger charge is 2.19. The highest BCUT2D eigenvalue weighted by Crippen LogP contribution is 2.30. The average Bonchev–Trinajstić information content (AvgIpc) is 2.98. The molecule has 4 heteroatoms. The lowest BCUT2D eigenvalue weighted by atomic mass is 10.1. The van der Waals surface area contributed by atoms with Gasteiger partial charge in [0.2, 0.25) is 0 Å². The smallest absolute Gasteiger partial charge is 0.146 e. The minimum absolute atomic E-state index is 0.788. The fourth-order valence-corrected chi connectivity index (χ4v) is 2.90. The van der Waals surface area contributed by atoms with E-state index in [9.17, 15) is 0 Å². The quantitative estimate of drug-likeness (QED) is 0.823. The van der Waals surface area contributed by atoms with Crippen LogP contribution < -0.4 is 5.84 Å². The van der Waals surface area contributed by atoms with Gasteiger partial charge in [0, 0.05) is 10.4 Å². The molecule has 0 saturated carbocycles. The van der Waals surface area contributed by atoms with Crippen LogP contribution in [0.1, 0.15) is 5.56 Å². The van der Waals surface area contributed by atoms with Gasteiger partial charge in [-0.1, -0.05) is 30.3 Å². The first-order valence-electron chi connectivity index (χ1n) is 5.56. The molecule has 0 atom stereocenters. The van der Waals surface area contributed by atoms with Gasteiger partial charge >= 0.3 is 0 Å². The fourth-order valence-electron chi connectivity index (χ4n) is 2.00. The van der Waals surface area contributed by atoms with Crippen molar-refractivity contribution in [2.75, 3.05) is 13.1 Å². The van der Waals surface area contributed by atoms with E-state index in [1.807, 2.05) is 6.07 Å². The molecule has 1 aromatic carbocycles. The molecule has 0 unspecified atom stereocenters. The lowest BCUT2D eigenvalue weighted by Gasteiger charge is -2.13. The Bertz CT molecular complexity index is 545. The summed E-state index contributed by atoms with van der Waals surface area (Å²) < 4.78 is 0. The van der Waals surface area contributed by atoms with E-state index in [1.165, 1.54) is 10.4 Å². The normalized spacial score (nSPS) is 15.1. The van der Waals surface area contributed by atoms with E-state index in [-0.39, 0.29) is 0 Å². The number of hydrogen-bond donors (Lipinski definition) is 1. The summed E-state index contributed by atoms with van der Waals surface area (Å²) in [6.45, 7) is 1.59. The van der Waals surface area contributed by atoms with Gasteiger partial charge in [0.25, 0.3) is 0 Å². The Kier molecular flexibility index (Phi) is 2.66. The highest BCUT2D eigenvalue weighted by atomic mass is 32.1. The monoisotopic (exact) mass is 243 g/mol. The molecule has 0 saturated heterocycles. The molecule has 0 fully saturated rings. The lowest BCUT2D eigenvalue weighted by molar-refractivity contribution is 0.485. The Morgan fingerprint density at radius 3 is 2.71 bits per heavy atom. The average molecular weight is 243 g/mol. The third-order valence-corrected chi connectivity index (χ3v) is 3.78. The molecule has 2 heterocycles. The van der Waals surface area contributed by atoms with Crippen LogP contribution in [0, 0.1) is 0 Å². The van der Waals surface area contributed by atoms with Crippen molar-refractivity contribution in [2.45, 2.75) is 0 Å². The highest BCUT2D eigenvalue weighted by molar-refractivity contribution is 7.14. The van der Waals surface area contributed by atoms with Gasteiger partial charge in [-0.25, -0.2) is 5.84 Å². The van der Waals surface area contributed by atoms with E-state index >= 15 is 0 Å². The summed E-state index contributed by atoms with van der Waals surface area (Å²) in [7, 11) is 0. The molecule has 3 nitrogen and oxygen atoms in total. The number of nitrogens with zero attached hydrogens (tertiary/aromatic N) is 2. The van der Waals surface area contributed by atoms with Crippen LogP contribution in [0.5, 0.6) is 0 Å². The van der Waals surface area contributed by atoms with Crippen molar-refractivity contribution in [2.24, 2.45) is 10.8 Å². The summed E-state index contributed by atoms with van der Waals surface area (Å²) >= 11 is 1.73. The molecule has 3 rings (SSSR count). The number of thiophene rings is 1. The molecular formula is C13H13N3S. The van der Waals surface area contributed by atoms with Crippen LogP contribution in [0.25, 0.3) is 10.4 Å². The predicted octanol–water partition coefficient (Wildman–Crippen LogP) is 2.35. The molecule has 0 radical (unpaired) electrons. The minimum atomic E-state index is 0.788. The zero-order chi connectivity index (χ0) is 11.7. The largest absolute Gasteiger partial charge is 0.293 e. The van der Waals surface area contributed by atoms with E-state index < -0.39 is 0 Å². The Balaban J connectivity index is 2.06. The Morgan fingerprint density at radius 2 is 2.00 bits per heavy atom. The molecule has 1 aliphatic heterocycles. The molecule has 0 amide bonds. The van der Waals surface area contributed by atoms with Crippen molar-refractivity contribution >= 4 is 17.2 Å². The van der Waals surface area contributed by atoms with Crippen molar-refractivity contribution < 1.29 is 0 Å². The number of aliphatic imine (C=N–C) groups is 1. The molecular weight excluding hydrogens is 230 g/mol. The molecule has 0 bridgehead atoms. The summed E-state index contributed by atoms with van der Waals surface area (Å²) in [6.07, 6.45) is 0. The van der Waals surface area contributed by atoms with Gasteiger partial charge in [-0.15, -0.1) is 11.3 Å². The first kappa shape index (κ1) is 10.5. The molecule has 0 spiro atoms. The minimum Gasteiger partial charge on any atom is -0.293 e. The van der Waals surface area contributed by atoms with Crippen molar-refractivity contribution in [1.82, 2.24) is 5.01 Å². The van der Waals surface area contributed by atoms with Gasteiger partial charge < -0.3 is 0 Å². The molecule has 0 aliphatic carbocycles. The predicted molar refractivity (Wildman–Crippen MR) is 72.1 cm³/mol. The van der Waals surface area contributed by atoms with Crippen molar-refractivity contribution in [1.29, 1.82) is 0 Å². The van der Waals surface area contributed by atoms with Crippen LogP contribution in [0.2, 0.25) is 0 Å². The summed E-state index contributed by atoms with van der Waals surface area (Å²) in [5, 5.41) is 3.82. The van der Waals surface area contributed by atoms with E-state index in [2.05, 4.69) is 40.7 Å². The second kappa shape index (κ2) is 4.31. The zero-order valence-electron chi connectivity index (χ0n) is 9.34. The molecule has 1 aromatic heterocycles. The van der Waals surface area contributed by atoms with E-state index in [1.54, 1.807) is 16.3 Å². The molecule has 2 aromatic rings. The van der Waals surface area contributed by atoms with Gasteiger partial charge in [0.05, 0.1) is 13.1 Å². The Morgan fingerprint density at radius 1 is 1.18 bits per heavy atom. The number of hydrogen-bond acceptors (Lipinski definition) is 4. The van der Waals surface area contributed by atoms with Crippen LogP contribution >= 0.6 is 11.3 Å². The topological polar surface area (TPSA) is 41.6 Å². The maximum atomic E-state index is 5.92. The second-order valence-electron chi connectivity index (χ2n) is 3.93.